The first-order valence-electron chi connectivity index (χ1n) is 8.67. The molecule has 1 heterocycles. The number of quaternary nitrogens is 1. The smallest absolute Gasteiger partial charge is 0.161 e. The third-order valence-corrected chi connectivity index (χ3v) is 4.52. The van der Waals surface area contributed by atoms with Crippen molar-refractivity contribution in [3.05, 3.63) is 59.7 Å². The Hall–Kier alpha value is -2.53. The summed E-state index contributed by atoms with van der Waals surface area (Å²) in [4.78, 5) is 1.61. The predicted molar refractivity (Wildman–Crippen MR) is 99.6 cm³/mol. The molecular formula is C20H26N3O2+. The number of hydrogen-bond acceptors (Lipinski definition) is 4. The Kier molecular flexibility index (Phi) is 5.90. The van der Waals surface area contributed by atoms with Gasteiger partial charge in [0, 0.05) is 5.56 Å². The molecule has 0 aliphatic carbocycles. The van der Waals surface area contributed by atoms with E-state index in [9.17, 15) is 0 Å². The monoisotopic (exact) mass is 340 g/mol. The summed E-state index contributed by atoms with van der Waals surface area (Å²) in [5, 5.41) is 6.77. The first-order chi connectivity index (χ1) is 12.3. The zero-order valence-corrected chi connectivity index (χ0v) is 14.9. The molecule has 25 heavy (non-hydrogen) atoms. The van der Waals surface area contributed by atoms with Crippen LogP contribution in [0, 0.1) is 0 Å². The van der Waals surface area contributed by atoms with Gasteiger partial charge in [0.1, 0.15) is 6.54 Å². The molecule has 5 heteroatoms. The molecule has 1 aliphatic rings. The first-order valence-corrected chi connectivity index (χ1v) is 8.67. The number of piperazine rings is 1. The number of nitrogens with zero attached hydrogens (tertiary/aromatic N) is 2. The minimum Gasteiger partial charge on any atom is -0.493 e. The van der Waals surface area contributed by atoms with Crippen LogP contribution < -0.4 is 14.4 Å². The first kappa shape index (κ1) is 17.3. The van der Waals surface area contributed by atoms with E-state index in [-0.39, 0.29) is 0 Å². The van der Waals surface area contributed by atoms with E-state index in [0.29, 0.717) is 0 Å². The van der Waals surface area contributed by atoms with Crippen LogP contribution in [-0.4, -0.2) is 51.6 Å². The van der Waals surface area contributed by atoms with Crippen molar-refractivity contribution in [1.82, 2.24) is 5.01 Å². The maximum atomic E-state index is 5.34. The highest BCUT2D eigenvalue weighted by Gasteiger charge is 2.18. The summed E-state index contributed by atoms with van der Waals surface area (Å²) in [6, 6.07) is 16.5. The summed E-state index contributed by atoms with van der Waals surface area (Å²) in [7, 11) is 3.29. The average Bonchev–Trinajstić information content (AvgIpc) is 2.68. The van der Waals surface area contributed by atoms with Crippen molar-refractivity contribution in [3.8, 4) is 11.5 Å². The van der Waals surface area contributed by atoms with E-state index < -0.39 is 0 Å². The Bertz CT molecular complexity index is 695. The molecule has 0 radical (unpaired) electrons. The van der Waals surface area contributed by atoms with Gasteiger partial charge < -0.3 is 14.4 Å². The van der Waals surface area contributed by atoms with E-state index in [2.05, 4.69) is 40.4 Å². The minimum absolute atomic E-state index is 0.726. The fourth-order valence-electron chi connectivity index (χ4n) is 3.07. The molecule has 3 rings (SSSR count). The number of hydrogen-bond donors (Lipinski definition) is 1. The molecule has 0 unspecified atom stereocenters. The van der Waals surface area contributed by atoms with E-state index in [1.165, 1.54) is 5.56 Å². The van der Waals surface area contributed by atoms with Crippen molar-refractivity contribution >= 4 is 6.21 Å². The normalized spacial score (nSPS) is 15.5. The zero-order valence-electron chi connectivity index (χ0n) is 14.9. The summed E-state index contributed by atoms with van der Waals surface area (Å²) < 4.78 is 10.6. The molecule has 1 saturated heterocycles. The fraction of sp³-hybridized carbons (Fsp3) is 0.350. The van der Waals surface area contributed by atoms with Crippen LogP contribution in [-0.2, 0) is 6.54 Å². The van der Waals surface area contributed by atoms with Crippen LogP contribution in [0.15, 0.2) is 53.6 Å². The molecule has 1 aliphatic heterocycles. The molecule has 132 valence electrons. The molecule has 0 atom stereocenters. The van der Waals surface area contributed by atoms with Gasteiger partial charge in [0.25, 0.3) is 0 Å². The maximum absolute atomic E-state index is 5.34. The summed E-state index contributed by atoms with van der Waals surface area (Å²) in [5.41, 5.74) is 2.41. The number of nitrogens with one attached hydrogen (secondary N) is 1. The Morgan fingerprint density at radius 3 is 2.40 bits per heavy atom. The van der Waals surface area contributed by atoms with Gasteiger partial charge in [0.05, 0.1) is 46.6 Å². The summed E-state index contributed by atoms with van der Waals surface area (Å²) in [5.74, 6) is 1.46. The standard InChI is InChI=1S/C20H25N3O2/c1-24-19-9-8-18(14-20(19)25-2)15-21-23-12-10-22(11-13-23)16-17-6-4-3-5-7-17/h3-9,14-15H,10-13,16H2,1-2H3/p+1/b21-15-. The summed E-state index contributed by atoms with van der Waals surface area (Å²) in [6.45, 7) is 5.27. The van der Waals surface area contributed by atoms with Crippen LogP contribution in [0.4, 0.5) is 0 Å². The number of ether oxygens (including phenoxy) is 2. The average molecular weight is 340 g/mol. The molecule has 1 fully saturated rings. The lowest BCUT2D eigenvalue weighted by molar-refractivity contribution is -0.918. The molecule has 0 bridgehead atoms. The van der Waals surface area contributed by atoms with Gasteiger partial charge in [0.15, 0.2) is 11.5 Å². The van der Waals surface area contributed by atoms with Crippen LogP contribution in [0.5, 0.6) is 11.5 Å². The Labute approximate surface area is 149 Å². The molecule has 0 aromatic heterocycles. The number of rotatable bonds is 6. The second-order valence-corrected chi connectivity index (χ2v) is 6.23. The highest BCUT2D eigenvalue weighted by Crippen LogP contribution is 2.26. The Balaban J connectivity index is 1.52. The van der Waals surface area contributed by atoms with Crippen molar-refractivity contribution in [2.24, 2.45) is 5.10 Å². The largest absolute Gasteiger partial charge is 0.493 e. The third kappa shape index (κ3) is 4.73. The maximum Gasteiger partial charge on any atom is 0.161 e. The molecule has 2 aromatic carbocycles. The van der Waals surface area contributed by atoms with Crippen LogP contribution >= 0.6 is 0 Å². The minimum atomic E-state index is 0.726. The van der Waals surface area contributed by atoms with Crippen molar-refractivity contribution in [3.63, 3.8) is 0 Å². The Morgan fingerprint density at radius 1 is 1.00 bits per heavy atom. The van der Waals surface area contributed by atoms with E-state index in [4.69, 9.17) is 9.47 Å². The van der Waals surface area contributed by atoms with Gasteiger partial charge in [-0.3, -0.25) is 5.01 Å². The number of hydrazone groups is 1. The molecule has 0 spiro atoms. The van der Waals surface area contributed by atoms with Crippen LogP contribution in [0.25, 0.3) is 0 Å². The fourth-order valence-corrected chi connectivity index (χ4v) is 3.07. The van der Waals surface area contributed by atoms with Gasteiger partial charge in [-0.2, -0.15) is 5.10 Å². The van der Waals surface area contributed by atoms with Crippen molar-refractivity contribution < 1.29 is 14.4 Å². The van der Waals surface area contributed by atoms with Gasteiger partial charge in [-0.15, -0.1) is 0 Å². The second kappa shape index (κ2) is 8.53. The zero-order chi connectivity index (χ0) is 17.5. The van der Waals surface area contributed by atoms with E-state index >= 15 is 0 Å². The Morgan fingerprint density at radius 2 is 1.72 bits per heavy atom. The molecule has 0 saturated carbocycles. The highest BCUT2D eigenvalue weighted by atomic mass is 16.5. The van der Waals surface area contributed by atoms with Gasteiger partial charge in [-0.05, 0) is 23.8 Å². The number of benzene rings is 2. The van der Waals surface area contributed by atoms with Crippen LogP contribution in [0.1, 0.15) is 11.1 Å². The topological polar surface area (TPSA) is 38.5 Å². The number of methoxy groups -OCH3 is 2. The van der Waals surface area contributed by atoms with Gasteiger partial charge in [-0.25, -0.2) is 0 Å². The van der Waals surface area contributed by atoms with Crippen LogP contribution in [0.2, 0.25) is 0 Å². The summed E-state index contributed by atoms with van der Waals surface area (Å²) in [6.07, 6.45) is 1.89. The van der Waals surface area contributed by atoms with Crippen molar-refractivity contribution in [2.75, 3.05) is 40.4 Å². The second-order valence-electron chi connectivity index (χ2n) is 6.23. The van der Waals surface area contributed by atoms with Crippen LogP contribution in [0.3, 0.4) is 0 Å². The van der Waals surface area contributed by atoms with E-state index in [0.717, 1.165) is 49.8 Å². The van der Waals surface area contributed by atoms with Crippen molar-refractivity contribution in [2.45, 2.75) is 6.54 Å². The lowest BCUT2D eigenvalue weighted by Gasteiger charge is -2.30. The molecule has 1 N–H and O–H groups in total. The SMILES string of the molecule is COc1ccc(/C=N\N2CC[NH+](Cc3ccccc3)CC2)cc1OC. The van der Waals surface area contributed by atoms with Crippen molar-refractivity contribution in [1.29, 1.82) is 0 Å². The molecular weight excluding hydrogens is 314 g/mol. The van der Waals surface area contributed by atoms with E-state index in [1.807, 2.05) is 24.4 Å². The van der Waals surface area contributed by atoms with Gasteiger partial charge >= 0.3 is 0 Å². The lowest BCUT2D eigenvalue weighted by atomic mass is 10.2. The highest BCUT2D eigenvalue weighted by molar-refractivity contribution is 5.80. The quantitative estimate of drug-likeness (QED) is 0.809. The lowest BCUT2D eigenvalue weighted by Crippen LogP contribution is -3.13. The molecule has 2 aromatic rings. The third-order valence-electron chi connectivity index (χ3n) is 4.52. The molecule has 5 nitrogen and oxygen atoms in total. The molecule has 0 amide bonds. The summed E-state index contributed by atoms with van der Waals surface area (Å²) >= 11 is 0. The van der Waals surface area contributed by atoms with Gasteiger partial charge in [-0.1, -0.05) is 30.3 Å². The van der Waals surface area contributed by atoms with E-state index in [1.54, 1.807) is 19.1 Å². The van der Waals surface area contributed by atoms with Gasteiger partial charge in [0.2, 0.25) is 0 Å². The predicted octanol–water partition coefficient (Wildman–Crippen LogP) is 1.44.